The maximum absolute atomic E-state index is 13.2. The van der Waals surface area contributed by atoms with E-state index in [1.165, 1.54) is 0 Å². The van der Waals surface area contributed by atoms with Crippen molar-refractivity contribution in [1.29, 1.82) is 0 Å². The third-order valence-electron chi connectivity index (χ3n) is 6.17. The maximum atomic E-state index is 13.2. The zero-order valence-corrected chi connectivity index (χ0v) is 20.6. The minimum atomic E-state index is -0.801. The number of carboxylic acid groups (broad SMARTS) is 1. The first-order valence-corrected chi connectivity index (χ1v) is 12.4. The van der Waals surface area contributed by atoms with Crippen LogP contribution in [-0.4, -0.2) is 22.0 Å². The second kappa shape index (κ2) is 13.0. The Labute approximate surface area is 217 Å². The highest BCUT2D eigenvalue weighted by Crippen LogP contribution is 2.29. The summed E-state index contributed by atoms with van der Waals surface area (Å²) in [6.07, 6.45) is 7.17. The Kier molecular flexibility index (Phi) is 8.97. The number of anilines is 1. The van der Waals surface area contributed by atoms with Crippen LogP contribution >= 0.6 is 0 Å². The van der Waals surface area contributed by atoms with Crippen molar-refractivity contribution in [2.24, 2.45) is 0 Å². The number of hydrogen-bond acceptors (Lipinski definition) is 3. The first-order chi connectivity index (χ1) is 18.1. The van der Waals surface area contributed by atoms with E-state index in [0.29, 0.717) is 24.9 Å². The second-order valence-electron chi connectivity index (χ2n) is 8.85. The molecule has 0 aliphatic rings. The largest absolute Gasteiger partial charge is 0.481 e. The quantitative estimate of drug-likeness (QED) is 0.224. The molecular weight excluding hydrogens is 460 g/mol. The van der Waals surface area contributed by atoms with Crippen LogP contribution in [0.4, 0.5) is 5.69 Å². The van der Waals surface area contributed by atoms with Crippen LogP contribution in [-0.2, 0) is 9.59 Å². The topological polar surface area (TPSA) is 79.3 Å². The van der Waals surface area contributed by atoms with Gasteiger partial charge in [-0.3, -0.25) is 14.6 Å². The molecule has 4 rings (SSSR count). The van der Waals surface area contributed by atoms with Crippen LogP contribution in [0, 0.1) is 0 Å². The number of hydrogen-bond donors (Lipinski definition) is 2. The fourth-order valence-electron chi connectivity index (χ4n) is 4.38. The molecule has 3 aromatic carbocycles. The standard InChI is InChI=1S/C32H30N2O3/c35-31(22-30(24-11-3-1-4-12-24)25-13-5-2-6-14-25)34-28-17-9-15-26(21-28)29(18-7-8-19-32(36)37)27-16-10-20-33-23-27/h1-6,9-18,20-21,23,30H,7-8,19,22H2,(H,34,35)(H,36,37). The first-order valence-electron chi connectivity index (χ1n) is 12.4. The van der Waals surface area contributed by atoms with Crippen LogP contribution in [0.5, 0.6) is 0 Å². The van der Waals surface area contributed by atoms with E-state index in [-0.39, 0.29) is 18.2 Å². The zero-order chi connectivity index (χ0) is 25.9. The van der Waals surface area contributed by atoms with E-state index in [9.17, 15) is 9.59 Å². The Morgan fingerprint density at radius 2 is 1.51 bits per heavy atom. The van der Waals surface area contributed by atoms with Gasteiger partial charge in [0.2, 0.25) is 5.91 Å². The van der Waals surface area contributed by atoms with Gasteiger partial charge in [-0.1, -0.05) is 84.9 Å². The van der Waals surface area contributed by atoms with Crippen molar-refractivity contribution in [2.45, 2.75) is 31.6 Å². The molecule has 0 unspecified atom stereocenters. The van der Waals surface area contributed by atoms with Crippen LogP contribution in [0.25, 0.3) is 5.57 Å². The van der Waals surface area contributed by atoms with Gasteiger partial charge in [-0.05, 0) is 53.3 Å². The smallest absolute Gasteiger partial charge is 0.303 e. The summed E-state index contributed by atoms with van der Waals surface area (Å²) in [5.74, 6) is -0.917. The Morgan fingerprint density at radius 1 is 0.838 bits per heavy atom. The molecule has 2 N–H and O–H groups in total. The maximum Gasteiger partial charge on any atom is 0.303 e. The Bertz CT molecular complexity index is 1300. The first kappa shape index (κ1) is 25.6. The van der Waals surface area contributed by atoms with Crippen molar-refractivity contribution in [3.05, 3.63) is 138 Å². The number of carboxylic acids is 1. The lowest BCUT2D eigenvalue weighted by atomic mass is 9.88. The van der Waals surface area contributed by atoms with Gasteiger partial charge in [0.1, 0.15) is 0 Å². The summed E-state index contributed by atoms with van der Waals surface area (Å²) < 4.78 is 0. The molecule has 5 heteroatoms. The summed E-state index contributed by atoms with van der Waals surface area (Å²) in [7, 11) is 0. The molecule has 0 spiro atoms. The number of amides is 1. The summed E-state index contributed by atoms with van der Waals surface area (Å²) in [4.78, 5) is 28.4. The van der Waals surface area contributed by atoms with Gasteiger partial charge in [0, 0.05) is 42.4 Å². The molecule has 0 aliphatic carbocycles. The van der Waals surface area contributed by atoms with Gasteiger partial charge < -0.3 is 10.4 Å². The third-order valence-corrected chi connectivity index (χ3v) is 6.17. The van der Waals surface area contributed by atoms with Crippen LogP contribution in [0.15, 0.2) is 116 Å². The number of pyridine rings is 1. The van der Waals surface area contributed by atoms with Gasteiger partial charge in [0.25, 0.3) is 0 Å². The summed E-state index contributed by atoms with van der Waals surface area (Å²) in [6.45, 7) is 0. The second-order valence-corrected chi connectivity index (χ2v) is 8.85. The predicted molar refractivity (Wildman–Crippen MR) is 147 cm³/mol. The molecule has 37 heavy (non-hydrogen) atoms. The summed E-state index contributed by atoms with van der Waals surface area (Å²) in [5.41, 5.74) is 5.74. The van der Waals surface area contributed by atoms with Crippen molar-refractivity contribution in [3.8, 4) is 0 Å². The van der Waals surface area contributed by atoms with Crippen molar-refractivity contribution in [2.75, 3.05) is 5.32 Å². The molecule has 1 amide bonds. The predicted octanol–water partition coefficient (Wildman–Crippen LogP) is 6.93. The number of aromatic nitrogens is 1. The number of nitrogens with one attached hydrogen (secondary N) is 1. The van der Waals surface area contributed by atoms with Crippen LogP contribution in [0.3, 0.4) is 0 Å². The lowest BCUT2D eigenvalue weighted by Crippen LogP contribution is -2.16. The van der Waals surface area contributed by atoms with Gasteiger partial charge in [-0.2, -0.15) is 0 Å². The van der Waals surface area contributed by atoms with Crippen LogP contribution in [0.2, 0.25) is 0 Å². The molecule has 0 radical (unpaired) electrons. The molecule has 4 aromatic rings. The van der Waals surface area contributed by atoms with E-state index in [1.807, 2.05) is 78.9 Å². The highest BCUT2D eigenvalue weighted by atomic mass is 16.4. The minimum absolute atomic E-state index is 0.0503. The lowest BCUT2D eigenvalue weighted by Gasteiger charge is -2.18. The highest BCUT2D eigenvalue weighted by molar-refractivity contribution is 5.92. The molecule has 1 aromatic heterocycles. The van der Waals surface area contributed by atoms with E-state index >= 15 is 0 Å². The Balaban J connectivity index is 1.54. The molecule has 0 fully saturated rings. The molecule has 1 heterocycles. The normalized spacial score (nSPS) is 11.3. The van der Waals surface area contributed by atoms with Crippen molar-refractivity contribution >= 4 is 23.1 Å². The monoisotopic (exact) mass is 490 g/mol. The van der Waals surface area contributed by atoms with Gasteiger partial charge in [0.05, 0.1) is 0 Å². The number of allylic oxidation sites excluding steroid dienone is 1. The van der Waals surface area contributed by atoms with E-state index in [0.717, 1.165) is 27.8 Å². The van der Waals surface area contributed by atoms with Crippen molar-refractivity contribution in [1.82, 2.24) is 4.98 Å². The van der Waals surface area contributed by atoms with E-state index < -0.39 is 5.97 Å². The Hall–Kier alpha value is -4.51. The van der Waals surface area contributed by atoms with Crippen LogP contribution < -0.4 is 5.32 Å². The fraction of sp³-hybridized carbons (Fsp3) is 0.156. The van der Waals surface area contributed by atoms with E-state index in [4.69, 9.17) is 5.11 Å². The molecule has 0 bridgehead atoms. The van der Waals surface area contributed by atoms with Crippen molar-refractivity contribution in [3.63, 3.8) is 0 Å². The zero-order valence-electron chi connectivity index (χ0n) is 20.6. The van der Waals surface area contributed by atoms with Gasteiger partial charge in [-0.25, -0.2) is 0 Å². The molecule has 0 saturated heterocycles. The number of unbranched alkanes of at least 4 members (excludes halogenated alkanes) is 1. The highest BCUT2D eigenvalue weighted by Gasteiger charge is 2.18. The average molecular weight is 491 g/mol. The number of carbonyl (C=O) groups is 2. The number of carbonyl (C=O) groups excluding carboxylic acids is 1. The fourth-order valence-corrected chi connectivity index (χ4v) is 4.38. The minimum Gasteiger partial charge on any atom is -0.481 e. The van der Waals surface area contributed by atoms with E-state index in [1.54, 1.807) is 12.4 Å². The molecule has 0 saturated carbocycles. The molecular formula is C32H30N2O3. The summed E-state index contributed by atoms with van der Waals surface area (Å²) in [5, 5.41) is 12.1. The average Bonchev–Trinajstić information content (AvgIpc) is 2.93. The van der Waals surface area contributed by atoms with Crippen LogP contribution in [0.1, 0.15) is 53.9 Å². The summed E-state index contributed by atoms with van der Waals surface area (Å²) >= 11 is 0. The number of benzene rings is 3. The lowest BCUT2D eigenvalue weighted by molar-refractivity contribution is -0.137. The van der Waals surface area contributed by atoms with Gasteiger partial charge in [-0.15, -0.1) is 0 Å². The SMILES string of the molecule is O=C(O)CCCC=C(c1cccnc1)c1cccc(NC(=O)CC(c2ccccc2)c2ccccc2)c1. The third kappa shape index (κ3) is 7.48. The number of rotatable bonds is 11. The number of nitrogens with zero attached hydrogens (tertiary/aromatic N) is 1. The van der Waals surface area contributed by atoms with Crippen molar-refractivity contribution < 1.29 is 14.7 Å². The molecule has 5 nitrogen and oxygen atoms in total. The number of aliphatic carboxylic acids is 1. The molecule has 186 valence electrons. The summed E-state index contributed by atoms with van der Waals surface area (Å²) in [6, 6.07) is 31.8. The van der Waals surface area contributed by atoms with Gasteiger partial charge in [0.15, 0.2) is 0 Å². The van der Waals surface area contributed by atoms with E-state index in [2.05, 4.69) is 34.6 Å². The molecule has 0 aliphatic heterocycles. The van der Waals surface area contributed by atoms with Gasteiger partial charge >= 0.3 is 5.97 Å². The Morgan fingerprint density at radius 3 is 2.14 bits per heavy atom. The molecule has 0 atom stereocenters.